The maximum absolute atomic E-state index is 15.3. The van der Waals surface area contributed by atoms with Gasteiger partial charge >= 0.3 is 0 Å². The molecular weight excluding hydrogens is 570 g/mol. The SMILES string of the molecule is COc1cc2nccc(Oc3ccc(CC(=O)c4cn(C5(C)COC5)cc(-c5ccc(F)cc5)c4=O)cc3F)c2cc1OC. The van der Waals surface area contributed by atoms with Crippen LogP contribution in [0.3, 0.4) is 0 Å². The zero-order chi connectivity index (χ0) is 31.0. The summed E-state index contributed by atoms with van der Waals surface area (Å²) in [5.74, 6) is -0.341. The number of hydrogen-bond acceptors (Lipinski definition) is 7. The highest BCUT2D eigenvalue weighted by Crippen LogP contribution is 2.37. The molecule has 1 fully saturated rings. The van der Waals surface area contributed by atoms with E-state index < -0.39 is 28.4 Å². The maximum Gasteiger partial charge on any atom is 0.200 e. The third-order valence-electron chi connectivity index (χ3n) is 7.72. The van der Waals surface area contributed by atoms with Gasteiger partial charge < -0.3 is 23.5 Å². The third-order valence-corrected chi connectivity index (χ3v) is 7.72. The van der Waals surface area contributed by atoms with Gasteiger partial charge in [-0.15, -0.1) is 0 Å². The summed E-state index contributed by atoms with van der Waals surface area (Å²) in [5, 5.41) is 0.590. The van der Waals surface area contributed by atoms with Crippen LogP contribution >= 0.6 is 0 Å². The second-order valence-electron chi connectivity index (χ2n) is 10.8. The first-order chi connectivity index (χ1) is 21.2. The summed E-state index contributed by atoms with van der Waals surface area (Å²) in [7, 11) is 3.03. The Balaban J connectivity index is 1.29. The molecule has 3 heterocycles. The second-order valence-corrected chi connectivity index (χ2v) is 10.8. The number of ether oxygens (including phenoxy) is 4. The van der Waals surface area contributed by atoms with E-state index in [4.69, 9.17) is 18.9 Å². The first-order valence-corrected chi connectivity index (χ1v) is 13.8. The van der Waals surface area contributed by atoms with Crippen molar-refractivity contribution in [2.45, 2.75) is 18.9 Å². The zero-order valence-electron chi connectivity index (χ0n) is 24.2. The molecule has 1 aliphatic heterocycles. The lowest BCUT2D eigenvalue weighted by atomic mass is 9.95. The number of carbonyl (C=O) groups is 1. The van der Waals surface area contributed by atoms with Gasteiger partial charge in [0, 0.05) is 42.0 Å². The van der Waals surface area contributed by atoms with Crippen LogP contribution in [0.1, 0.15) is 22.8 Å². The molecule has 10 heteroatoms. The van der Waals surface area contributed by atoms with Gasteiger partial charge in [0.1, 0.15) is 11.6 Å². The van der Waals surface area contributed by atoms with Crippen LogP contribution in [-0.4, -0.2) is 42.8 Å². The lowest BCUT2D eigenvalue weighted by molar-refractivity contribution is -0.0899. The number of hydrogen-bond donors (Lipinski definition) is 0. The molecule has 0 spiro atoms. The second kappa shape index (κ2) is 11.5. The molecule has 8 nitrogen and oxygen atoms in total. The lowest BCUT2D eigenvalue weighted by Gasteiger charge is -2.40. The summed E-state index contributed by atoms with van der Waals surface area (Å²) < 4.78 is 52.7. The van der Waals surface area contributed by atoms with Crippen molar-refractivity contribution in [3.63, 3.8) is 0 Å². The molecule has 0 saturated carbocycles. The van der Waals surface area contributed by atoms with Gasteiger partial charge in [-0.05, 0) is 54.4 Å². The number of fused-ring (bicyclic) bond motifs is 1. The molecule has 5 aromatic rings. The minimum atomic E-state index is -0.683. The van der Waals surface area contributed by atoms with Crippen molar-refractivity contribution in [2.75, 3.05) is 27.4 Å². The summed E-state index contributed by atoms with van der Waals surface area (Å²) in [6.07, 6.45) is 4.50. The van der Waals surface area contributed by atoms with Gasteiger partial charge in [0.25, 0.3) is 0 Å². The van der Waals surface area contributed by atoms with Crippen molar-refractivity contribution >= 4 is 16.7 Å². The van der Waals surface area contributed by atoms with Crippen molar-refractivity contribution in [1.29, 1.82) is 0 Å². The Morgan fingerprint density at radius 3 is 2.32 bits per heavy atom. The molecule has 1 saturated heterocycles. The molecule has 0 amide bonds. The molecule has 2 aromatic heterocycles. The molecule has 0 aliphatic carbocycles. The fourth-order valence-electron chi connectivity index (χ4n) is 5.14. The average molecular weight is 599 g/mol. The first kappa shape index (κ1) is 29.0. The quantitative estimate of drug-likeness (QED) is 0.184. The maximum atomic E-state index is 15.3. The fraction of sp³-hybridized carbons (Fsp3) is 0.206. The molecule has 6 rings (SSSR count). The van der Waals surface area contributed by atoms with Gasteiger partial charge in [-0.2, -0.15) is 0 Å². The fourth-order valence-corrected chi connectivity index (χ4v) is 5.14. The number of carbonyl (C=O) groups excluding carboxylic acids is 1. The molecule has 0 unspecified atom stereocenters. The van der Waals surface area contributed by atoms with Gasteiger partial charge in [0.05, 0.1) is 44.1 Å². The Morgan fingerprint density at radius 2 is 1.66 bits per heavy atom. The van der Waals surface area contributed by atoms with Crippen molar-refractivity contribution < 1.29 is 32.5 Å². The van der Waals surface area contributed by atoms with Gasteiger partial charge in [0.15, 0.2) is 34.3 Å². The Hall–Kier alpha value is -5.09. The molecule has 0 atom stereocenters. The van der Waals surface area contributed by atoms with Crippen molar-refractivity contribution in [3.05, 3.63) is 112 Å². The van der Waals surface area contributed by atoms with Crippen molar-refractivity contribution in [1.82, 2.24) is 9.55 Å². The highest BCUT2D eigenvalue weighted by Gasteiger charge is 2.35. The summed E-state index contributed by atoms with van der Waals surface area (Å²) in [4.78, 5) is 31.4. The Bertz CT molecular complexity index is 1950. The molecule has 1 aliphatic rings. The van der Waals surface area contributed by atoms with E-state index in [1.54, 1.807) is 35.0 Å². The number of aromatic nitrogens is 2. The standard InChI is InChI=1S/C34H28F2N2O6/c1-34(18-43-19-34)38-16-24(21-5-7-22(35)8-6-21)33(40)25(17-38)28(39)13-20-4-9-30(26(36)12-20)44-29-10-11-37-27-15-32(42-3)31(41-2)14-23(27)29/h4-12,14-17H,13,18-19H2,1-3H3. The lowest BCUT2D eigenvalue weighted by Crippen LogP contribution is -2.49. The summed E-state index contributed by atoms with van der Waals surface area (Å²) in [6.45, 7) is 2.77. The van der Waals surface area contributed by atoms with E-state index in [-0.39, 0.29) is 23.3 Å². The number of pyridine rings is 2. The van der Waals surface area contributed by atoms with Gasteiger partial charge in [-0.3, -0.25) is 14.6 Å². The normalized spacial score (nSPS) is 13.8. The monoisotopic (exact) mass is 598 g/mol. The van der Waals surface area contributed by atoms with Crippen LogP contribution in [-0.2, 0) is 16.7 Å². The van der Waals surface area contributed by atoms with Crippen LogP contribution in [0.4, 0.5) is 8.78 Å². The zero-order valence-corrected chi connectivity index (χ0v) is 24.2. The molecular formula is C34H28F2N2O6. The predicted octanol–water partition coefficient (Wildman–Crippen LogP) is 6.32. The molecule has 44 heavy (non-hydrogen) atoms. The summed E-state index contributed by atoms with van der Waals surface area (Å²) >= 11 is 0. The van der Waals surface area contributed by atoms with Crippen LogP contribution < -0.4 is 19.6 Å². The van der Waals surface area contributed by atoms with Crippen molar-refractivity contribution in [2.24, 2.45) is 0 Å². The summed E-state index contributed by atoms with van der Waals surface area (Å²) in [6, 6.07) is 14.7. The number of rotatable bonds is 9. The largest absolute Gasteiger partial charge is 0.493 e. The van der Waals surface area contributed by atoms with E-state index in [9.17, 15) is 14.0 Å². The molecule has 0 bridgehead atoms. The van der Waals surface area contributed by atoms with Crippen LogP contribution in [0.5, 0.6) is 23.0 Å². The van der Waals surface area contributed by atoms with Crippen LogP contribution in [0.2, 0.25) is 0 Å². The number of benzene rings is 3. The Kier molecular flexibility index (Phi) is 7.60. The van der Waals surface area contributed by atoms with E-state index in [0.717, 1.165) is 0 Å². The smallest absolute Gasteiger partial charge is 0.200 e. The van der Waals surface area contributed by atoms with E-state index in [0.29, 0.717) is 52.5 Å². The third kappa shape index (κ3) is 5.40. The number of methoxy groups -OCH3 is 2. The molecule has 0 radical (unpaired) electrons. The number of Topliss-reactive ketones (excluding diaryl/α,β-unsaturated/α-hetero) is 1. The topological polar surface area (TPSA) is 88.9 Å². The van der Waals surface area contributed by atoms with E-state index in [2.05, 4.69) is 4.98 Å². The van der Waals surface area contributed by atoms with Gasteiger partial charge in [0.2, 0.25) is 0 Å². The van der Waals surface area contributed by atoms with E-state index in [1.807, 2.05) is 6.92 Å². The summed E-state index contributed by atoms with van der Waals surface area (Å²) in [5.41, 5.74) is 0.691. The molecule has 0 N–H and O–H groups in total. The average Bonchev–Trinajstić information content (AvgIpc) is 3.01. The molecule has 224 valence electrons. The minimum Gasteiger partial charge on any atom is -0.493 e. The van der Waals surface area contributed by atoms with Crippen molar-refractivity contribution in [3.8, 4) is 34.1 Å². The predicted molar refractivity (Wildman–Crippen MR) is 160 cm³/mol. The van der Waals surface area contributed by atoms with E-state index in [1.165, 1.54) is 63.0 Å². The first-order valence-electron chi connectivity index (χ1n) is 13.8. The van der Waals surface area contributed by atoms with Crippen LogP contribution in [0.15, 0.2) is 84.0 Å². The number of ketones is 1. The highest BCUT2D eigenvalue weighted by molar-refractivity contribution is 5.98. The molecule has 3 aromatic carbocycles. The Morgan fingerprint density at radius 1 is 0.932 bits per heavy atom. The number of halogens is 2. The van der Waals surface area contributed by atoms with Crippen LogP contribution in [0.25, 0.3) is 22.0 Å². The Labute approximate surface area is 251 Å². The highest BCUT2D eigenvalue weighted by atomic mass is 19.1. The number of nitrogens with zero attached hydrogens (tertiary/aromatic N) is 2. The van der Waals surface area contributed by atoms with E-state index >= 15 is 4.39 Å². The van der Waals surface area contributed by atoms with Gasteiger partial charge in [-0.1, -0.05) is 18.2 Å². The van der Waals surface area contributed by atoms with Crippen LogP contribution in [0, 0.1) is 11.6 Å². The minimum absolute atomic E-state index is 0.0479. The van der Waals surface area contributed by atoms with Gasteiger partial charge in [-0.25, -0.2) is 8.78 Å².